The number of aryl methyl sites for hydroxylation is 1. The second-order valence-electron chi connectivity index (χ2n) is 7.49. The van der Waals surface area contributed by atoms with E-state index in [-0.39, 0.29) is 6.61 Å². The van der Waals surface area contributed by atoms with E-state index in [1.165, 1.54) is 25.1 Å². The highest BCUT2D eigenvalue weighted by atomic mass is 19.4. The first kappa shape index (κ1) is 19.1. The summed E-state index contributed by atoms with van der Waals surface area (Å²) in [5.41, 5.74) is 1.70. The van der Waals surface area contributed by atoms with Gasteiger partial charge in [-0.05, 0) is 24.8 Å². The molecule has 0 unspecified atom stereocenters. The number of nitrogens with zero attached hydrogens (tertiary/aromatic N) is 4. The Bertz CT molecular complexity index is 835. The molecule has 1 fully saturated rings. The predicted octanol–water partition coefficient (Wildman–Crippen LogP) is 3.80. The summed E-state index contributed by atoms with van der Waals surface area (Å²) in [6.07, 6.45) is 0.952. The maximum Gasteiger partial charge on any atom is 0.433 e. The van der Waals surface area contributed by atoms with Gasteiger partial charge in [-0.1, -0.05) is 13.0 Å². The Morgan fingerprint density at radius 1 is 1.21 bits per heavy atom. The minimum atomic E-state index is -4.44. The molecule has 28 heavy (non-hydrogen) atoms. The van der Waals surface area contributed by atoms with Crippen LogP contribution in [0, 0.1) is 5.92 Å². The van der Waals surface area contributed by atoms with Gasteiger partial charge in [0, 0.05) is 49.8 Å². The molecule has 0 N–H and O–H groups in total. The summed E-state index contributed by atoms with van der Waals surface area (Å²) in [5.74, 6) is 2.08. The van der Waals surface area contributed by atoms with Crippen LogP contribution in [0.15, 0.2) is 18.3 Å². The first-order valence-electron chi connectivity index (χ1n) is 9.68. The van der Waals surface area contributed by atoms with Crippen LogP contribution in [-0.2, 0) is 32.2 Å². The number of hydrogen-bond donors (Lipinski definition) is 0. The van der Waals surface area contributed by atoms with E-state index >= 15 is 0 Å². The van der Waals surface area contributed by atoms with Crippen LogP contribution in [0.4, 0.5) is 13.2 Å². The van der Waals surface area contributed by atoms with E-state index < -0.39 is 11.9 Å². The van der Waals surface area contributed by atoms with E-state index in [9.17, 15) is 13.2 Å². The van der Waals surface area contributed by atoms with Crippen molar-refractivity contribution in [2.45, 2.75) is 51.9 Å². The van der Waals surface area contributed by atoms with E-state index in [1.54, 1.807) is 0 Å². The molecule has 1 aliphatic carbocycles. The molecule has 0 radical (unpaired) electrons. The van der Waals surface area contributed by atoms with Gasteiger partial charge in [0.2, 0.25) is 5.88 Å². The monoisotopic (exact) mass is 392 g/mol. The van der Waals surface area contributed by atoms with Crippen molar-refractivity contribution in [1.82, 2.24) is 19.9 Å². The van der Waals surface area contributed by atoms with Crippen molar-refractivity contribution in [2.75, 3.05) is 13.1 Å². The summed E-state index contributed by atoms with van der Waals surface area (Å²) >= 11 is 0. The highest BCUT2D eigenvalue weighted by Crippen LogP contribution is 2.33. The molecule has 4 rings (SSSR count). The Labute approximate surface area is 162 Å². The summed E-state index contributed by atoms with van der Waals surface area (Å²) in [5, 5.41) is 0. The smallest absolute Gasteiger partial charge is 0.433 e. The van der Waals surface area contributed by atoms with Crippen LogP contribution in [0.2, 0.25) is 0 Å². The summed E-state index contributed by atoms with van der Waals surface area (Å²) < 4.78 is 43.9. The Kier molecular flexibility index (Phi) is 5.23. The number of halogens is 3. The van der Waals surface area contributed by atoms with Gasteiger partial charge in [0.05, 0.1) is 5.69 Å². The zero-order valence-corrected chi connectivity index (χ0v) is 15.8. The Morgan fingerprint density at radius 3 is 2.68 bits per heavy atom. The van der Waals surface area contributed by atoms with Crippen molar-refractivity contribution >= 4 is 0 Å². The van der Waals surface area contributed by atoms with Crippen molar-refractivity contribution in [1.29, 1.82) is 0 Å². The minimum absolute atomic E-state index is 0.125. The van der Waals surface area contributed by atoms with E-state index in [0.29, 0.717) is 17.9 Å². The highest BCUT2D eigenvalue weighted by molar-refractivity contribution is 5.33. The second kappa shape index (κ2) is 7.66. The van der Waals surface area contributed by atoms with Crippen LogP contribution in [0.1, 0.15) is 48.1 Å². The average Bonchev–Trinajstić information content (AvgIpc) is 3.49. The van der Waals surface area contributed by atoms with Crippen LogP contribution in [0.3, 0.4) is 0 Å². The second-order valence-corrected chi connectivity index (χ2v) is 7.49. The summed E-state index contributed by atoms with van der Waals surface area (Å²) in [4.78, 5) is 15.1. The van der Waals surface area contributed by atoms with Gasteiger partial charge in [0.1, 0.15) is 18.1 Å². The maximum absolute atomic E-state index is 12.7. The number of fused-ring (bicyclic) bond motifs is 1. The van der Waals surface area contributed by atoms with Crippen LogP contribution in [0.25, 0.3) is 0 Å². The summed E-state index contributed by atoms with van der Waals surface area (Å²) in [7, 11) is 0. The molecule has 0 saturated heterocycles. The normalized spacial score (nSPS) is 17.4. The molecule has 0 spiro atoms. The molecular formula is C20H23F3N4O. The van der Waals surface area contributed by atoms with Gasteiger partial charge >= 0.3 is 6.18 Å². The molecule has 0 aromatic carbocycles. The molecule has 2 aliphatic rings. The lowest BCUT2D eigenvalue weighted by Gasteiger charge is -2.29. The molecular weight excluding hydrogens is 369 g/mol. The molecule has 8 heteroatoms. The van der Waals surface area contributed by atoms with Gasteiger partial charge in [-0.3, -0.25) is 9.88 Å². The molecule has 1 saturated carbocycles. The third-order valence-electron chi connectivity index (χ3n) is 5.17. The van der Waals surface area contributed by atoms with E-state index in [1.807, 2.05) is 6.92 Å². The van der Waals surface area contributed by atoms with Gasteiger partial charge in [-0.15, -0.1) is 0 Å². The Balaban J connectivity index is 1.50. The molecule has 3 heterocycles. The Morgan fingerprint density at radius 2 is 2.04 bits per heavy atom. The van der Waals surface area contributed by atoms with Crippen LogP contribution >= 0.6 is 0 Å². The third-order valence-corrected chi connectivity index (χ3v) is 5.17. The van der Waals surface area contributed by atoms with Gasteiger partial charge in [-0.2, -0.15) is 18.2 Å². The largest absolute Gasteiger partial charge is 0.472 e. The lowest BCUT2D eigenvalue weighted by Crippen LogP contribution is -2.33. The summed E-state index contributed by atoms with van der Waals surface area (Å²) in [6, 6.07) is 2.37. The van der Waals surface area contributed by atoms with E-state index in [4.69, 9.17) is 4.74 Å². The number of ether oxygens (including phenoxy) is 1. The fourth-order valence-corrected chi connectivity index (χ4v) is 3.42. The lowest BCUT2D eigenvalue weighted by molar-refractivity contribution is -0.141. The molecule has 2 aromatic rings. The zero-order valence-electron chi connectivity index (χ0n) is 15.8. The summed E-state index contributed by atoms with van der Waals surface area (Å²) in [6.45, 7) is 4.97. The fraction of sp³-hybridized carbons (Fsp3) is 0.550. The van der Waals surface area contributed by atoms with Crippen LogP contribution < -0.4 is 4.74 Å². The van der Waals surface area contributed by atoms with E-state index in [2.05, 4.69) is 19.9 Å². The van der Waals surface area contributed by atoms with Crippen molar-refractivity contribution in [3.05, 3.63) is 46.7 Å². The molecule has 0 bridgehead atoms. The van der Waals surface area contributed by atoms with Crippen LogP contribution in [0.5, 0.6) is 5.88 Å². The predicted molar refractivity (Wildman–Crippen MR) is 96.7 cm³/mol. The van der Waals surface area contributed by atoms with E-state index in [0.717, 1.165) is 55.1 Å². The number of aromatic nitrogens is 3. The van der Waals surface area contributed by atoms with Crippen LogP contribution in [-0.4, -0.2) is 32.9 Å². The average molecular weight is 392 g/mol. The fourth-order valence-electron chi connectivity index (χ4n) is 3.42. The molecule has 2 aromatic heterocycles. The molecule has 0 amide bonds. The number of pyridine rings is 1. The first-order valence-corrected chi connectivity index (χ1v) is 9.68. The first-order chi connectivity index (χ1) is 13.4. The maximum atomic E-state index is 12.7. The highest BCUT2D eigenvalue weighted by Gasteiger charge is 2.32. The molecule has 0 atom stereocenters. The molecule has 150 valence electrons. The topological polar surface area (TPSA) is 51.1 Å². The Hall–Kier alpha value is -2.22. The number of hydrogen-bond acceptors (Lipinski definition) is 5. The lowest BCUT2D eigenvalue weighted by atomic mass is 10.1. The number of alkyl halides is 3. The molecule has 1 aliphatic heterocycles. The van der Waals surface area contributed by atoms with Gasteiger partial charge in [-0.25, -0.2) is 4.98 Å². The third kappa shape index (κ3) is 4.43. The zero-order chi connectivity index (χ0) is 19.7. The van der Waals surface area contributed by atoms with Crippen molar-refractivity contribution in [3.8, 4) is 5.88 Å². The van der Waals surface area contributed by atoms with Crippen molar-refractivity contribution < 1.29 is 17.9 Å². The quantitative estimate of drug-likeness (QED) is 0.749. The van der Waals surface area contributed by atoms with Gasteiger partial charge < -0.3 is 4.74 Å². The van der Waals surface area contributed by atoms with Gasteiger partial charge in [0.15, 0.2) is 0 Å². The molecule has 5 nitrogen and oxygen atoms in total. The standard InChI is InChI=1S/C20H23F3N4O/c1-2-18-25-16-7-8-27(10-13-3-4-13)11-15(16)19(26-18)28-12-14-5-6-17(24-9-14)20(21,22)23/h5-6,9,13H,2-4,7-8,10-12H2,1H3. The number of rotatable bonds is 6. The SMILES string of the molecule is CCc1nc2c(c(OCc3ccc(C(F)(F)F)nc3)n1)CN(CC1CC1)CC2. The minimum Gasteiger partial charge on any atom is -0.472 e. The van der Waals surface area contributed by atoms with Crippen molar-refractivity contribution in [3.63, 3.8) is 0 Å². The van der Waals surface area contributed by atoms with Crippen molar-refractivity contribution in [2.24, 2.45) is 5.92 Å². The van der Waals surface area contributed by atoms with Gasteiger partial charge in [0.25, 0.3) is 0 Å².